The van der Waals surface area contributed by atoms with E-state index in [0.717, 1.165) is 27.0 Å². The molecule has 4 rings (SSSR count). The molecule has 0 spiro atoms. The summed E-state index contributed by atoms with van der Waals surface area (Å²) in [5.74, 6) is 1.000. The normalized spacial score (nSPS) is 13.7. The van der Waals surface area contributed by atoms with E-state index in [1.54, 1.807) is 13.2 Å². The highest BCUT2D eigenvalue weighted by molar-refractivity contribution is 6.13. The average molecular weight is 274 g/mol. The van der Waals surface area contributed by atoms with Crippen LogP contribution in [0.3, 0.4) is 0 Å². The van der Waals surface area contributed by atoms with E-state index in [4.69, 9.17) is 4.74 Å². The van der Waals surface area contributed by atoms with Crippen LogP contribution in [0.25, 0.3) is 33.7 Å². The van der Waals surface area contributed by atoms with Gasteiger partial charge in [0, 0.05) is 11.8 Å². The van der Waals surface area contributed by atoms with E-state index in [2.05, 4.69) is 30.3 Å². The Morgan fingerprint density at radius 2 is 1.76 bits per heavy atom. The van der Waals surface area contributed by atoms with Crippen LogP contribution in [0.1, 0.15) is 6.42 Å². The summed E-state index contributed by atoms with van der Waals surface area (Å²) in [5.41, 5.74) is 0. The van der Waals surface area contributed by atoms with Gasteiger partial charge < -0.3 is 4.74 Å². The standard InChI is InChI=1S/C19H14O2/c1-21-19-11-13-4-2-3-5-16(13)17-9-12-6-7-15(20)8-14(12)10-18(17)19/h2-6,8-11H,7H2,1H3. The molecule has 0 unspecified atom stereocenters. The zero-order chi connectivity index (χ0) is 14.4. The van der Waals surface area contributed by atoms with Gasteiger partial charge >= 0.3 is 0 Å². The van der Waals surface area contributed by atoms with Crippen molar-refractivity contribution in [3.63, 3.8) is 0 Å². The SMILES string of the molecule is COc1cc2ccccc2c2cc3c(cc12)=CC(=O)CC=3. The molecule has 0 atom stereocenters. The topological polar surface area (TPSA) is 26.3 Å². The van der Waals surface area contributed by atoms with Crippen LogP contribution in [0.2, 0.25) is 0 Å². The summed E-state index contributed by atoms with van der Waals surface area (Å²) in [5, 5.41) is 6.70. The molecule has 0 bridgehead atoms. The van der Waals surface area contributed by atoms with Crippen LogP contribution in [0.4, 0.5) is 0 Å². The van der Waals surface area contributed by atoms with Crippen molar-refractivity contribution in [3.8, 4) is 5.75 Å². The van der Waals surface area contributed by atoms with Crippen LogP contribution in [0.15, 0.2) is 42.5 Å². The number of fused-ring (bicyclic) bond motifs is 4. The maximum absolute atomic E-state index is 11.6. The number of rotatable bonds is 1. The Morgan fingerprint density at radius 3 is 2.62 bits per heavy atom. The number of hydrogen-bond donors (Lipinski definition) is 0. The molecule has 1 aliphatic carbocycles. The second-order valence-corrected chi connectivity index (χ2v) is 5.35. The molecule has 0 amide bonds. The molecule has 0 heterocycles. The van der Waals surface area contributed by atoms with E-state index in [1.807, 2.05) is 18.2 Å². The molecule has 3 aromatic rings. The van der Waals surface area contributed by atoms with Crippen molar-refractivity contribution in [1.29, 1.82) is 0 Å². The highest BCUT2D eigenvalue weighted by atomic mass is 16.5. The van der Waals surface area contributed by atoms with Gasteiger partial charge in [0.2, 0.25) is 0 Å². The number of carbonyl (C=O) groups excluding carboxylic acids is 1. The fourth-order valence-electron chi connectivity index (χ4n) is 3.06. The zero-order valence-electron chi connectivity index (χ0n) is 11.7. The molecule has 2 nitrogen and oxygen atoms in total. The van der Waals surface area contributed by atoms with E-state index in [9.17, 15) is 4.79 Å². The Balaban J connectivity index is 2.26. The molecule has 102 valence electrons. The average Bonchev–Trinajstić information content (AvgIpc) is 2.52. The summed E-state index contributed by atoms with van der Waals surface area (Å²) in [6.07, 6.45) is 4.22. The summed E-state index contributed by atoms with van der Waals surface area (Å²) in [6.45, 7) is 0. The summed E-state index contributed by atoms with van der Waals surface area (Å²) < 4.78 is 5.54. The Bertz CT molecular complexity index is 1010. The summed E-state index contributed by atoms with van der Waals surface area (Å²) in [7, 11) is 1.68. The first-order valence-corrected chi connectivity index (χ1v) is 7.00. The summed E-state index contributed by atoms with van der Waals surface area (Å²) in [4.78, 5) is 11.6. The Labute approximate surface area is 122 Å². The molecular weight excluding hydrogens is 260 g/mol. The lowest BCUT2D eigenvalue weighted by molar-refractivity contribution is -0.112. The number of methoxy groups -OCH3 is 1. The van der Waals surface area contributed by atoms with Crippen LogP contribution in [-0.2, 0) is 4.79 Å². The quantitative estimate of drug-likeness (QED) is 0.637. The zero-order valence-corrected chi connectivity index (χ0v) is 11.7. The molecule has 0 aliphatic heterocycles. The van der Waals surface area contributed by atoms with Gasteiger partial charge in [0.05, 0.1) is 7.11 Å². The summed E-state index contributed by atoms with van der Waals surface area (Å²) >= 11 is 0. The van der Waals surface area contributed by atoms with Gasteiger partial charge in [0.1, 0.15) is 5.75 Å². The van der Waals surface area contributed by atoms with Gasteiger partial charge in [-0.15, -0.1) is 0 Å². The highest BCUT2D eigenvalue weighted by Gasteiger charge is 2.09. The fraction of sp³-hybridized carbons (Fsp3) is 0.105. The number of hydrogen-bond acceptors (Lipinski definition) is 2. The maximum atomic E-state index is 11.6. The van der Waals surface area contributed by atoms with Crippen molar-refractivity contribution < 1.29 is 9.53 Å². The molecular formula is C19H14O2. The van der Waals surface area contributed by atoms with Crippen molar-refractivity contribution in [3.05, 3.63) is 52.9 Å². The predicted octanol–water partition coefficient (Wildman–Crippen LogP) is 2.54. The third-order valence-electron chi connectivity index (χ3n) is 4.09. The monoisotopic (exact) mass is 274 g/mol. The van der Waals surface area contributed by atoms with E-state index in [1.165, 1.54) is 10.8 Å². The lowest BCUT2D eigenvalue weighted by Gasteiger charge is -2.11. The molecule has 0 radical (unpaired) electrons. The third kappa shape index (κ3) is 1.83. The first-order valence-electron chi connectivity index (χ1n) is 7.00. The third-order valence-corrected chi connectivity index (χ3v) is 4.09. The van der Waals surface area contributed by atoms with Crippen LogP contribution in [0, 0.1) is 0 Å². The first kappa shape index (κ1) is 12.2. The van der Waals surface area contributed by atoms with Crippen LogP contribution >= 0.6 is 0 Å². The molecule has 1 aliphatic rings. The van der Waals surface area contributed by atoms with E-state index in [-0.39, 0.29) is 5.78 Å². The number of ketones is 1. The van der Waals surface area contributed by atoms with Crippen LogP contribution in [0.5, 0.6) is 5.75 Å². The highest BCUT2D eigenvalue weighted by Crippen LogP contribution is 2.31. The Kier molecular flexibility index (Phi) is 2.58. The van der Waals surface area contributed by atoms with Gasteiger partial charge in [-0.2, -0.15) is 0 Å². The Hall–Kier alpha value is -2.61. The minimum atomic E-state index is 0.154. The molecule has 0 N–H and O–H groups in total. The van der Waals surface area contributed by atoms with Crippen LogP contribution < -0.4 is 15.2 Å². The first-order chi connectivity index (χ1) is 10.3. The second-order valence-electron chi connectivity index (χ2n) is 5.35. The second kappa shape index (κ2) is 4.45. The molecule has 0 fully saturated rings. The van der Waals surface area contributed by atoms with Gasteiger partial charge in [0.15, 0.2) is 5.78 Å². The van der Waals surface area contributed by atoms with Crippen molar-refractivity contribution in [2.45, 2.75) is 6.42 Å². The smallest absolute Gasteiger partial charge is 0.160 e. The Morgan fingerprint density at radius 1 is 0.952 bits per heavy atom. The van der Waals surface area contributed by atoms with E-state index >= 15 is 0 Å². The lowest BCUT2D eigenvalue weighted by Crippen LogP contribution is -2.28. The van der Waals surface area contributed by atoms with E-state index < -0.39 is 0 Å². The van der Waals surface area contributed by atoms with Crippen molar-refractivity contribution in [1.82, 2.24) is 0 Å². The van der Waals surface area contributed by atoms with Gasteiger partial charge in [-0.3, -0.25) is 4.79 Å². The van der Waals surface area contributed by atoms with Crippen molar-refractivity contribution in [2.75, 3.05) is 7.11 Å². The molecule has 21 heavy (non-hydrogen) atoms. The van der Waals surface area contributed by atoms with Gasteiger partial charge in [0.25, 0.3) is 0 Å². The number of carbonyl (C=O) groups is 1. The number of benzene rings is 3. The molecule has 0 saturated carbocycles. The summed E-state index contributed by atoms with van der Waals surface area (Å²) in [6, 6.07) is 14.6. The molecule has 0 aromatic heterocycles. The van der Waals surface area contributed by atoms with Gasteiger partial charge in [-0.25, -0.2) is 0 Å². The molecule has 2 heteroatoms. The van der Waals surface area contributed by atoms with E-state index in [0.29, 0.717) is 6.42 Å². The minimum absolute atomic E-state index is 0.154. The van der Waals surface area contributed by atoms with Gasteiger partial charge in [-0.1, -0.05) is 30.3 Å². The number of ether oxygens (including phenoxy) is 1. The maximum Gasteiger partial charge on any atom is 0.160 e. The predicted molar refractivity (Wildman–Crippen MR) is 85.8 cm³/mol. The molecule has 0 saturated heterocycles. The number of Topliss-reactive ketones (excluding diaryl/α,β-unsaturated/α-hetero) is 1. The van der Waals surface area contributed by atoms with Gasteiger partial charge in [-0.05, 0) is 50.9 Å². The molecule has 3 aromatic carbocycles. The fourth-order valence-corrected chi connectivity index (χ4v) is 3.06. The van der Waals surface area contributed by atoms with Crippen LogP contribution in [-0.4, -0.2) is 12.9 Å². The largest absolute Gasteiger partial charge is 0.496 e. The minimum Gasteiger partial charge on any atom is -0.496 e. The lowest BCUT2D eigenvalue weighted by atomic mass is 9.97. The van der Waals surface area contributed by atoms with Crippen molar-refractivity contribution >= 4 is 39.5 Å². The van der Waals surface area contributed by atoms with Crippen molar-refractivity contribution in [2.24, 2.45) is 0 Å².